The van der Waals surface area contributed by atoms with Gasteiger partial charge in [-0.15, -0.1) is 0 Å². The number of ether oxygens (including phenoxy) is 2. The molecule has 1 aromatic carbocycles. The fourth-order valence-corrected chi connectivity index (χ4v) is 2.24. The van der Waals surface area contributed by atoms with Gasteiger partial charge in [-0.1, -0.05) is 12.1 Å². The number of carbonyl (C=O) groups is 1. The smallest absolute Gasteiger partial charge is 0.229 e. The first-order valence-corrected chi connectivity index (χ1v) is 6.81. The largest absolute Gasteiger partial charge is 0.497 e. The molecule has 1 amide bonds. The van der Waals surface area contributed by atoms with Crippen molar-refractivity contribution in [3.05, 3.63) is 29.8 Å². The van der Waals surface area contributed by atoms with Crippen molar-refractivity contribution in [1.29, 1.82) is 0 Å². The minimum absolute atomic E-state index is 0.0315. The van der Waals surface area contributed by atoms with Gasteiger partial charge in [-0.3, -0.25) is 4.79 Å². The Labute approximate surface area is 119 Å². The normalized spacial score (nSPS) is 25.4. The van der Waals surface area contributed by atoms with Crippen LogP contribution in [0.2, 0.25) is 0 Å². The molecule has 110 valence electrons. The molecule has 2 unspecified atom stereocenters. The Bertz CT molecular complexity index is 461. The fraction of sp³-hybridized carbons (Fsp3) is 0.533. The van der Waals surface area contributed by atoms with Gasteiger partial charge in [-0.05, 0) is 31.0 Å². The number of rotatable bonds is 5. The minimum atomic E-state index is -0.611. The Morgan fingerprint density at radius 3 is 2.75 bits per heavy atom. The lowest BCUT2D eigenvalue weighted by atomic mass is 9.85. The van der Waals surface area contributed by atoms with Crippen molar-refractivity contribution in [1.82, 2.24) is 5.32 Å². The summed E-state index contributed by atoms with van der Waals surface area (Å²) in [5, 5.41) is 2.94. The summed E-state index contributed by atoms with van der Waals surface area (Å²) < 4.78 is 10.4. The number of methoxy groups -OCH3 is 1. The number of amides is 1. The third-order valence-corrected chi connectivity index (χ3v) is 3.89. The van der Waals surface area contributed by atoms with E-state index in [1.165, 1.54) is 0 Å². The Morgan fingerprint density at radius 1 is 1.50 bits per heavy atom. The molecule has 1 aromatic rings. The number of nitrogens with two attached hydrogens (primary N) is 1. The highest BCUT2D eigenvalue weighted by Gasteiger charge is 2.44. The van der Waals surface area contributed by atoms with Crippen LogP contribution in [0.15, 0.2) is 24.3 Å². The Morgan fingerprint density at radius 2 is 2.20 bits per heavy atom. The van der Waals surface area contributed by atoms with Gasteiger partial charge >= 0.3 is 0 Å². The quantitative estimate of drug-likeness (QED) is 0.832. The van der Waals surface area contributed by atoms with E-state index in [2.05, 4.69) is 5.32 Å². The fourth-order valence-electron chi connectivity index (χ4n) is 2.24. The van der Waals surface area contributed by atoms with Crippen LogP contribution in [-0.4, -0.2) is 38.8 Å². The van der Waals surface area contributed by atoms with E-state index in [-0.39, 0.29) is 11.9 Å². The molecule has 2 rings (SSSR count). The number of nitrogens with one attached hydrogen (secondary N) is 1. The van der Waals surface area contributed by atoms with Crippen molar-refractivity contribution in [3.63, 3.8) is 0 Å². The highest BCUT2D eigenvalue weighted by Crippen LogP contribution is 2.27. The second kappa shape index (κ2) is 6.24. The number of hydrogen-bond donors (Lipinski definition) is 2. The molecule has 3 N–H and O–H groups in total. The van der Waals surface area contributed by atoms with Gasteiger partial charge in [0.1, 0.15) is 5.75 Å². The lowest BCUT2D eigenvalue weighted by Crippen LogP contribution is -2.50. The van der Waals surface area contributed by atoms with E-state index in [0.29, 0.717) is 19.8 Å². The lowest BCUT2D eigenvalue weighted by molar-refractivity contribution is -0.130. The zero-order valence-corrected chi connectivity index (χ0v) is 12.0. The summed E-state index contributed by atoms with van der Waals surface area (Å²) in [6.07, 6.45) is 0.780. The van der Waals surface area contributed by atoms with Gasteiger partial charge in [-0.25, -0.2) is 0 Å². The number of hydrogen-bond acceptors (Lipinski definition) is 4. The third-order valence-electron chi connectivity index (χ3n) is 3.89. The summed E-state index contributed by atoms with van der Waals surface area (Å²) in [5.41, 5.74) is 6.47. The molecule has 2 atom stereocenters. The van der Waals surface area contributed by atoms with Crippen molar-refractivity contribution in [2.45, 2.75) is 19.4 Å². The van der Waals surface area contributed by atoms with E-state index in [4.69, 9.17) is 15.2 Å². The molecule has 1 saturated heterocycles. The summed E-state index contributed by atoms with van der Waals surface area (Å²) in [7, 11) is 1.64. The van der Waals surface area contributed by atoms with Gasteiger partial charge in [0, 0.05) is 12.6 Å². The Balaban J connectivity index is 1.81. The van der Waals surface area contributed by atoms with E-state index in [0.717, 1.165) is 17.7 Å². The van der Waals surface area contributed by atoms with Crippen LogP contribution in [0.1, 0.15) is 12.5 Å². The molecular formula is C15H22N2O3. The van der Waals surface area contributed by atoms with Crippen molar-refractivity contribution < 1.29 is 14.3 Å². The van der Waals surface area contributed by atoms with Crippen molar-refractivity contribution >= 4 is 5.91 Å². The summed E-state index contributed by atoms with van der Waals surface area (Å²) in [6.45, 7) is 3.28. The Hall–Kier alpha value is -1.59. The van der Waals surface area contributed by atoms with Gasteiger partial charge in [0.2, 0.25) is 5.91 Å². The van der Waals surface area contributed by atoms with E-state index in [1.807, 2.05) is 31.2 Å². The monoisotopic (exact) mass is 278 g/mol. The zero-order valence-electron chi connectivity index (χ0n) is 12.0. The summed E-state index contributed by atoms with van der Waals surface area (Å²) in [5.74, 6) is 0.801. The van der Waals surface area contributed by atoms with Crippen LogP contribution in [-0.2, 0) is 16.0 Å². The lowest BCUT2D eigenvalue weighted by Gasteiger charge is -2.25. The molecule has 0 saturated carbocycles. The van der Waals surface area contributed by atoms with Crippen LogP contribution in [0.3, 0.4) is 0 Å². The van der Waals surface area contributed by atoms with Crippen LogP contribution >= 0.6 is 0 Å². The molecule has 5 nitrogen and oxygen atoms in total. The van der Waals surface area contributed by atoms with Crippen LogP contribution in [0.5, 0.6) is 5.75 Å². The molecule has 0 bridgehead atoms. The van der Waals surface area contributed by atoms with E-state index in [1.54, 1.807) is 7.11 Å². The second-order valence-electron chi connectivity index (χ2n) is 5.39. The first-order valence-electron chi connectivity index (χ1n) is 6.81. The summed E-state index contributed by atoms with van der Waals surface area (Å²) >= 11 is 0. The van der Waals surface area contributed by atoms with E-state index in [9.17, 15) is 4.79 Å². The second-order valence-corrected chi connectivity index (χ2v) is 5.39. The van der Waals surface area contributed by atoms with E-state index >= 15 is 0 Å². The van der Waals surface area contributed by atoms with Crippen molar-refractivity contribution in [3.8, 4) is 5.75 Å². The summed E-state index contributed by atoms with van der Waals surface area (Å²) in [6, 6.07) is 7.59. The van der Waals surface area contributed by atoms with Gasteiger partial charge in [0.25, 0.3) is 0 Å². The maximum atomic E-state index is 12.2. The number of benzene rings is 1. The van der Waals surface area contributed by atoms with Crippen LogP contribution in [0.25, 0.3) is 0 Å². The molecular weight excluding hydrogens is 256 g/mol. The van der Waals surface area contributed by atoms with Crippen LogP contribution in [0.4, 0.5) is 0 Å². The topological polar surface area (TPSA) is 73.6 Å². The molecule has 5 heteroatoms. The SMILES string of the molecule is COc1ccc(CCNC(=O)C2(C)COCC2N)cc1. The molecule has 0 aromatic heterocycles. The van der Waals surface area contributed by atoms with Gasteiger partial charge in [0.15, 0.2) is 0 Å². The van der Waals surface area contributed by atoms with Crippen LogP contribution in [0, 0.1) is 5.41 Å². The van der Waals surface area contributed by atoms with Gasteiger partial charge in [-0.2, -0.15) is 0 Å². The Kier molecular flexibility index (Phi) is 4.62. The summed E-state index contributed by atoms with van der Waals surface area (Å²) in [4.78, 5) is 12.2. The van der Waals surface area contributed by atoms with Crippen molar-refractivity contribution in [2.24, 2.45) is 11.1 Å². The number of carbonyl (C=O) groups excluding carboxylic acids is 1. The predicted octanol–water partition coefficient (Wildman–Crippen LogP) is 0.718. The highest BCUT2D eigenvalue weighted by atomic mass is 16.5. The molecule has 0 spiro atoms. The molecule has 1 heterocycles. The third kappa shape index (κ3) is 3.11. The predicted molar refractivity (Wildman–Crippen MR) is 76.6 cm³/mol. The first-order chi connectivity index (χ1) is 9.56. The van der Waals surface area contributed by atoms with Crippen LogP contribution < -0.4 is 15.8 Å². The molecule has 1 fully saturated rings. The molecule has 0 radical (unpaired) electrons. The van der Waals surface area contributed by atoms with Gasteiger partial charge in [0.05, 0.1) is 25.7 Å². The average Bonchev–Trinajstić information content (AvgIpc) is 2.80. The van der Waals surface area contributed by atoms with E-state index < -0.39 is 5.41 Å². The maximum absolute atomic E-state index is 12.2. The maximum Gasteiger partial charge on any atom is 0.229 e. The molecule has 1 aliphatic rings. The highest BCUT2D eigenvalue weighted by molar-refractivity contribution is 5.83. The molecule has 20 heavy (non-hydrogen) atoms. The standard InChI is InChI=1S/C15H22N2O3/c1-15(10-20-9-13(15)16)14(18)17-8-7-11-3-5-12(19-2)6-4-11/h3-6,13H,7-10,16H2,1-2H3,(H,17,18). The average molecular weight is 278 g/mol. The molecule has 1 aliphatic heterocycles. The van der Waals surface area contributed by atoms with Gasteiger partial charge < -0.3 is 20.5 Å². The molecule has 0 aliphatic carbocycles. The first kappa shape index (κ1) is 14.8. The zero-order chi connectivity index (χ0) is 14.6. The van der Waals surface area contributed by atoms with Crippen molar-refractivity contribution in [2.75, 3.05) is 26.9 Å². The minimum Gasteiger partial charge on any atom is -0.497 e.